The van der Waals surface area contributed by atoms with Gasteiger partial charge in [-0.05, 0) is 19.2 Å². The zero-order chi connectivity index (χ0) is 16.2. The predicted octanol–water partition coefficient (Wildman–Crippen LogP) is 1.67. The molecule has 1 fully saturated rings. The first-order valence-corrected chi connectivity index (χ1v) is 8.22. The van der Waals surface area contributed by atoms with Crippen molar-refractivity contribution < 1.29 is 4.79 Å². The molecule has 1 aromatic carbocycles. The molecule has 0 spiro atoms. The molecule has 25 heavy (non-hydrogen) atoms. The van der Waals surface area contributed by atoms with Crippen LogP contribution >= 0.6 is 24.8 Å². The smallest absolute Gasteiger partial charge is 0.223 e. The van der Waals surface area contributed by atoms with Crippen molar-refractivity contribution in [3.05, 3.63) is 30.1 Å². The zero-order valence-electron chi connectivity index (χ0n) is 14.8. The summed E-state index contributed by atoms with van der Waals surface area (Å²) in [6, 6.07) is 8.16. The lowest BCUT2D eigenvalue weighted by molar-refractivity contribution is -0.132. The third-order valence-electron chi connectivity index (χ3n) is 4.47. The van der Waals surface area contributed by atoms with Crippen molar-refractivity contribution in [2.75, 3.05) is 39.8 Å². The van der Waals surface area contributed by atoms with E-state index in [9.17, 15) is 4.79 Å². The van der Waals surface area contributed by atoms with Gasteiger partial charge in [0.1, 0.15) is 5.82 Å². The number of aromatic nitrogens is 2. The first-order chi connectivity index (χ1) is 11.1. The highest BCUT2D eigenvalue weighted by molar-refractivity contribution is 5.85. The molecule has 140 valence electrons. The third-order valence-corrected chi connectivity index (χ3v) is 4.47. The summed E-state index contributed by atoms with van der Waals surface area (Å²) in [5.41, 5.74) is 2.17. The van der Waals surface area contributed by atoms with Crippen molar-refractivity contribution in [2.45, 2.75) is 13.0 Å². The normalized spacial score (nSPS) is 14.3. The minimum atomic E-state index is 0. The summed E-state index contributed by atoms with van der Waals surface area (Å²) in [7, 11) is 4.09. The van der Waals surface area contributed by atoms with Crippen LogP contribution in [0.1, 0.15) is 12.2 Å². The van der Waals surface area contributed by atoms with Gasteiger partial charge in [-0.25, -0.2) is 4.98 Å². The maximum absolute atomic E-state index is 12.2. The number of amides is 1. The quantitative estimate of drug-likeness (QED) is 0.847. The van der Waals surface area contributed by atoms with E-state index in [1.807, 2.05) is 37.2 Å². The topological polar surface area (TPSA) is 53.4 Å². The summed E-state index contributed by atoms with van der Waals surface area (Å²) in [4.78, 5) is 21.0. The zero-order valence-corrected chi connectivity index (χ0v) is 16.4. The van der Waals surface area contributed by atoms with Gasteiger partial charge < -0.3 is 14.8 Å². The molecule has 6 nitrogen and oxygen atoms in total. The number of halogens is 2. The minimum Gasteiger partial charge on any atom is -0.340 e. The monoisotopic (exact) mass is 387 g/mol. The Morgan fingerprint density at radius 3 is 2.60 bits per heavy atom. The minimum absolute atomic E-state index is 0. The number of para-hydroxylation sites is 2. The number of imidazole rings is 1. The second kappa shape index (κ2) is 9.97. The maximum atomic E-state index is 12.2. The highest BCUT2D eigenvalue weighted by Crippen LogP contribution is 2.15. The average molecular weight is 388 g/mol. The maximum Gasteiger partial charge on any atom is 0.223 e. The summed E-state index contributed by atoms with van der Waals surface area (Å²) < 4.78 is 2.13. The number of hydrogen-bond acceptors (Lipinski definition) is 4. The Balaban J connectivity index is 0.00000156. The van der Waals surface area contributed by atoms with Crippen LogP contribution in [-0.2, 0) is 18.4 Å². The van der Waals surface area contributed by atoms with E-state index < -0.39 is 0 Å². The molecule has 8 heteroatoms. The Kier molecular flexibility index (Phi) is 8.65. The van der Waals surface area contributed by atoms with Gasteiger partial charge in [0.05, 0.1) is 17.6 Å². The number of nitrogens with zero attached hydrogens (tertiary/aromatic N) is 4. The highest BCUT2D eigenvalue weighted by Gasteiger charge is 2.17. The lowest BCUT2D eigenvalue weighted by atomic mass is 10.3. The van der Waals surface area contributed by atoms with E-state index in [0.717, 1.165) is 56.1 Å². The van der Waals surface area contributed by atoms with Crippen LogP contribution in [-0.4, -0.2) is 65.0 Å². The van der Waals surface area contributed by atoms with Gasteiger partial charge in [0.25, 0.3) is 0 Å². The van der Waals surface area contributed by atoms with Crippen molar-refractivity contribution in [2.24, 2.45) is 7.05 Å². The van der Waals surface area contributed by atoms with E-state index in [1.165, 1.54) is 0 Å². The summed E-state index contributed by atoms with van der Waals surface area (Å²) in [5, 5.41) is 3.27. The van der Waals surface area contributed by atoms with Crippen LogP contribution in [0.15, 0.2) is 24.3 Å². The predicted molar refractivity (Wildman–Crippen MR) is 106 cm³/mol. The first-order valence-electron chi connectivity index (χ1n) is 8.22. The van der Waals surface area contributed by atoms with Crippen LogP contribution in [0.5, 0.6) is 0 Å². The Labute approximate surface area is 161 Å². The standard InChI is InChI=1S/C17H25N5O.2ClH/c1-20(10-7-17(23)22-11-8-18-9-12-22)13-16-19-14-5-3-4-6-15(14)21(16)2;;/h3-6,18H,7-13H2,1-2H3;2*1H. The molecule has 0 saturated carbocycles. The molecular weight excluding hydrogens is 361 g/mol. The second-order valence-electron chi connectivity index (χ2n) is 6.19. The number of rotatable bonds is 5. The van der Waals surface area contributed by atoms with Crippen molar-refractivity contribution in [3.63, 3.8) is 0 Å². The number of carbonyl (C=O) groups excluding carboxylic acids is 1. The molecule has 1 N–H and O–H groups in total. The lowest BCUT2D eigenvalue weighted by Crippen LogP contribution is -2.47. The third kappa shape index (κ3) is 5.31. The van der Waals surface area contributed by atoms with E-state index in [0.29, 0.717) is 6.42 Å². The first kappa shape index (κ1) is 21.7. The molecule has 2 aromatic rings. The fourth-order valence-electron chi connectivity index (χ4n) is 3.02. The molecule has 1 aliphatic heterocycles. The SMILES string of the molecule is CN(CCC(=O)N1CCNCC1)Cc1nc2ccccc2n1C.Cl.Cl. The molecule has 1 saturated heterocycles. The summed E-state index contributed by atoms with van der Waals surface area (Å²) in [6.45, 7) is 4.97. The number of aryl methyl sites for hydroxylation is 1. The Morgan fingerprint density at radius 2 is 1.92 bits per heavy atom. The number of piperazine rings is 1. The molecule has 0 radical (unpaired) electrons. The van der Waals surface area contributed by atoms with Crippen LogP contribution in [0.4, 0.5) is 0 Å². The van der Waals surface area contributed by atoms with E-state index in [1.54, 1.807) is 0 Å². The summed E-state index contributed by atoms with van der Waals surface area (Å²) in [6.07, 6.45) is 0.570. The number of hydrogen-bond donors (Lipinski definition) is 1. The van der Waals surface area contributed by atoms with Gasteiger partial charge in [-0.1, -0.05) is 12.1 Å². The van der Waals surface area contributed by atoms with Gasteiger partial charge in [0.15, 0.2) is 0 Å². The molecule has 1 amide bonds. The molecule has 1 aromatic heterocycles. The van der Waals surface area contributed by atoms with Gasteiger partial charge in [-0.3, -0.25) is 9.69 Å². The van der Waals surface area contributed by atoms with Crippen molar-refractivity contribution in [3.8, 4) is 0 Å². The number of benzene rings is 1. The van der Waals surface area contributed by atoms with Gasteiger partial charge in [-0.2, -0.15) is 0 Å². The fraction of sp³-hybridized carbons (Fsp3) is 0.529. The Bertz CT molecular complexity index is 685. The van der Waals surface area contributed by atoms with Crippen LogP contribution in [0.3, 0.4) is 0 Å². The van der Waals surface area contributed by atoms with E-state index >= 15 is 0 Å². The molecule has 0 aliphatic carbocycles. The van der Waals surface area contributed by atoms with Gasteiger partial charge >= 0.3 is 0 Å². The van der Waals surface area contributed by atoms with Gasteiger partial charge in [-0.15, -0.1) is 24.8 Å². The summed E-state index contributed by atoms with van der Waals surface area (Å²) in [5.74, 6) is 1.28. The Hall–Kier alpha value is -1.34. The lowest BCUT2D eigenvalue weighted by Gasteiger charge is -2.28. The fourth-order valence-corrected chi connectivity index (χ4v) is 3.02. The summed E-state index contributed by atoms with van der Waals surface area (Å²) >= 11 is 0. The molecule has 3 rings (SSSR count). The molecule has 2 heterocycles. The van der Waals surface area contributed by atoms with Crippen molar-refractivity contribution >= 4 is 41.8 Å². The molecule has 0 unspecified atom stereocenters. The number of nitrogens with one attached hydrogen (secondary N) is 1. The van der Waals surface area contributed by atoms with Crippen LogP contribution < -0.4 is 5.32 Å². The van der Waals surface area contributed by atoms with Gasteiger partial charge in [0, 0.05) is 46.2 Å². The van der Waals surface area contributed by atoms with Gasteiger partial charge in [0.2, 0.25) is 5.91 Å². The van der Waals surface area contributed by atoms with E-state index in [4.69, 9.17) is 0 Å². The average Bonchev–Trinajstić information content (AvgIpc) is 2.90. The Morgan fingerprint density at radius 1 is 1.24 bits per heavy atom. The van der Waals surface area contributed by atoms with Crippen LogP contribution in [0.2, 0.25) is 0 Å². The number of fused-ring (bicyclic) bond motifs is 1. The molecular formula is C17H27Cl2N5O. The van der Waals surface area contributed by atoms with Crippen LogP contribution in [0.25, 0.3) is 11.0 Å². The van der Waals surface area contributed by atoms with E-state index in [-0.39, 0.29) is 30.7 Å². The van der Waals surface area contributed by atoms with E-state index in [2.05, 4.69) is 25.8 Å². The highest BCUT2D eigenvalue weighted by atomic mass is 35.5. The molecule has 0 bridgehead atoms. The van der Waals surface area contributed by atoms with Crippen molar-refractivity contribution in [1.82, 2.24) is 24.7 Å². The van der Waals surface area contributed by atoms with Crippen LogP contribution in [0, 0.1) is 0 Å². The molecule has 1 aliphatic rings. The second-order valence-corrected chi connectivity index (χ2v) is 6.19. The largest absolute Gasteiger partial charge is 0.340 e. The van der Waals surface area contributed by atoms with Crippen molar-refractivity contribution in [1.29, 1.82) is 0 Å². The number of carbonyl (C=O) groups is 1. The molecule has 0 atom stereocenters.